The fourth-order valence-electron chi connectivity index (χ4n) is 2.02. The Bertz CT molecular complexity index is 424. The van der Waals surface area contributed by atoms with Gasteiger partial charge >= 0.3 is 0 Å². The molecule has 1 aromatic heterocycles. The van der Waals surface area contributed by atoms with E-state index in [4.69, 9.17) is 9.72 Å². The van der Waals surface area contributed by atoms with Crippen molar-refractivity contribution in [3.63, 3.8) is 0 Å². The van der Waals surface area contributed by atoms with E-state index in [0.717, 1.165) is 31.2 Å². The van der Waals surface area contributed by atoms with E-state index < -0.39 is 0 Å². The van der Waals surface area contributed by atoms with Crippen molar-refractivity contribution in [2.24, 2.45) is 0 Å². The van der Waals surface area contributed by atoms with E-state index >= 15 is 0 Å². The van der Waals surface area contributed by atoms with Crippen molar-refractivity contribution in [2.45, 2.75) is 66.1 Å². The predicted molar refractivity (Wildman–Crippen MR) is 92.4 cm³/mol. The standard InChI is InChI=1S/C16H31N3OS/c1-8-13-14(11-17-16(4,5)6)21-15(18-13)19(12(2)3)9-10-20-7/h12,17H,8-11H2,1-7H3. The molecule has 0 atom stereocenters. The van der Waals surface area contributed by atoms with Gasteiger partial charge < -0.3 is 15.0 Å². The van der Waals surface area contributed by atoms with E-state index in [1.54, 1.807) is 7.11 Å². The zero-order valence-electron chi connectivity index (χ0n) is 14.6. The number of aryl methyl sites for hydroxylation is 1. The Labute approximate surface area is 133 Å². The molecule has 0 amide bonds. The Morgan fingerprint density at radius 1 is 1.33 bits per heavy atom. The Hall–Kier alpha value is -0.650. The van der Waals surface area contributed by atoms with E-state index in [-0.39, 0.29) is 5.54 Å². The Morgan fingerprint density at radius 3 is 2.48 bits per heavy atom. The number of hydrogen-bond donors (Lipinski definition) is 1. The van der Waals surface area contributed by atoms with Crippen LogP contribution in [0.3, 0.4) is 0 Å². The molecule has 0 unspecified atom stereocenters. The predicted octanol–water partition coefficient (Wildman–Crippen LogP) is 3.45. The molecule has 0 fully saturated rings. The van der Waals surface area contributed by atoms with Crippen molar-refractivity contribution in [1.82, 2.24) is 10.3 Å². The van der Waals surface area contributed by atoms with Crippen molar-refractivity contribution in [3.05, 3.63) is 10.6 Å². The van der Waals surface area contributed by atoms with Crippen molar-refractivity contribution in [1.29, 1.82) is 0 Å². The molecule has 1 rings (SSSR count). The van der Waals surface area contributed by atoms with Crippen LogP contribution in [-0.4, -0.2) is 36.8 Å². The van der Waals surface area contributed by atoms with Crippen molar-refractivity contribution in [3.8, 4) is 0 Å². The first-order valence-electron chi connectivity index (χ1n) is 7.77. The highest BCUT2D eigenvalue weighted by atomic mass is 32.1. The average molecular weight is 314 g/mol. The van der Waals surface area contributed by atoms with Gasteiger partial charge in [-0.05, 0) is 41.0 Å². The molecular formula is C16H31N3OS. The second-order valence-corrected chi connectivity index (χ2v) is 7.67. The molecule has 1 N–H and O–H groups in total. The molecule has 0 spiro atoms. The highest BCUT2D eigenvalue weighted by Crippen LogP contribution is 2.28. The lowest BCUT2D eigenvalue weighted by Gasteiger charge is -2.25. The summed E-state index contributed by atoms with van der Waals surface area (Å²) >= 11 is 1.81. The van der Waals surface area contributed by atoms with Gasteiger partial charge in [0.1, 0.15) is 0 Å². The molecule has 0 aliphatic heterocycles. The number of thiazole rings is 1. The van der Waals surface area contributed by atoms with Gasteiger partial charge in [-0.15, -0.1) is 11.3 Å². The zero-order chi connectivity index (χ0) is 16.0. The van der Waals surface area contributed by atoms with Crippen LogP contribution < -0.4 is 10.2 Å². The lowest BCUT2D eigenvalue weighted by Crippen LogP contribution is -2.35. The first-order chi connectivity index (χ1) is 9.78. The van der Waals surface area contributed by atoms with E-state index in [1.807, 2.05) is 11.3 Å². The van der Waals surface area contributed by atoms with Crippen LogP contribution in [0.2, 0.25) is 0 Å². The summed E-state index contributed by atoms with van der Waals surface area (Å²) in [5, 5.41) is 4.68. The molecule has 0 bridgehead atoms. The minimum absolute atomic E-state index is 0.128. The SMILES string of the molecule is CCc1nc(N(CCOC)C(C)C)sc1CNC(C)(C)C. The van der Waals surface area contributed by atoms with Crippen LogP contribution in [0.5, 0.6) is 0 Å². The van der Waals surface area contributed by atoms with Gasteiger partial charge in [-0.3, -0.25) is 0 Å². The fourth-order valence-corrected chi connectivity index (χ4v) is 3.26. The number of ether oxygens (including phenoxy) is 1. The topological polar surface area (TPSA) is 37.4 Å². The third-order valence-electron chi connectivity index (χ3n) is 3.29. The third-order valence-corrected chi connectivity index (χ3v) is 4.42. The van der Waals surface area contributed by atoms with Crippen molar-refractivity contribution in [2.75, 3.05) is 25.2 Å². The smallest absolute Gasteiger partial charge is 0.186 e. The van der Waals surface area contributed by atoms with E-state index in [2.05, 4.69) is 51.8 Å². The highest BCUT2D eigenvalue weighted by molar-refractivity contribution is 7.15. The lowest BCUT2D eigenvalue weighted by atomic mass is 10.1. The second kappa shape index (κ2) is 8.11. The molecule has 0 aliphatic carbocycles. The highest BCUT2D eigenvalue weighted by Gasteiger charge is 2.19. The summed E-state index contributed by atoms with van der Waals surface area (Å²) in [6, 6.07) is 0.430. The molecule has 5 heteroatoms. The molecule has 4 nitrogen and oxygen atoms in total. The van der Waals surface area contributed by atoms with E-state index in [1.165, 1.54) is 10.6 Å². The maximum atomic E-state index is 5.22. The number of hydrogen-bond acceptors (Lipinski definition) is 5. The van der Waals surface area contributed by atoms with Crippen molar-refractivity contribution >= 4 is 16.5 Å². The lowest BCUT2D eigenvalue weighted by molar-refractivity contribution is 0.204. The molecule has 0 saturated carbocycles. The van der Waals surface area contributed by atoms with Crippen LogP contribution >= 0.6 is 11.3 Å². The normalized spacial score (nSPS) is 12.2. The zero-order valence-corrected chi connectivity index (χ0v) is 15.4. The Balaban J connectivity index is 2.90. The second-order valence-electron chi connectivity index (χ2n) is 6.60. The van der Waals surface area contributed by atoms with Gasteiger partial charge in [-0.1, -0.05) is 6.92 Å². The molecule has 1 aromatic rings. The van der Waals surface area contributed by atoms with Gasteiger partial charge in [0.15, 0.2) is 5.13 Å². The Morgan fingerprint density at radius 2 is 2.00 bits per heavy atom. The van der Waals surface area contributed by atoms with Crippen LogP contribution in [0.1, 0.15) is 52.1 Å². The summed E-state index contributed by atoms with van der Waals surface area (Å²) in [7, 11) is 1.75. The molecular weight excluding hydrogens is 282 g/mol. The van der Waals surface area contributed by atoms with Crippen LogP contribution in [-0.2, 0) is 17.7 Å². The molecule has 1 heterocycles. The van der Waals surface area contributed by atoms with Gasteiger partial charge in [-0.25, -0.2) is 4.98 Å². The minimum atomic E-state index is 0.128. The number of nitrogens with zero attached hydrogens (tertiary/aromatic N) is 2. The van der Waals surface area contributed by atoms with Crippen molar-refractivity contribution < 1.29 is 4.74 Å². The monoisotopic (exact) mass is 313 g/mol. The van der Waals surface area contributed by atoms with Gasteiger partial charge in [0.25, 0.3) is 0 Å². The first kappa shape index (κ1) is 18.4. The minimum Gasteiger partial charge on any atom is -0.383 e. The quantitative estimate of drug-likeness (QED) is 0.797. The van der Waals surface area contributed by atoms with Gasteiger partial charge in [0.05, 0.1) is 12.3 Å². The largest absolute Gasteiger partial charge is 0.383 e. The maximum absolute atomic E-state index is 5.22. The van der Waals surface area contributed by atoms with Crippen LogP contribution in [0, 0.1) is 0 Å². The Kier molecular flexibility index (Phi) is 7.10. The molecule has 21 heavy (non-hydrogen) atoms. The average Bonchev–Trinajstić information content (AvgIpc) is 2.78. The molecule has 0 aromatic carbocycles. The summed E-state index contributed by atoms with van der Waals surface area (Å²) in [6.45, 7) is 15.7. The maximum Gasteiger partial charge on any atom is 0.186 e. The molecule has 0 saturated heterocycles. The molecule has 0 aliphatic rings. The van der Waals surface area contributed by atoms with E-state index in [9.17, 15) is 0 Å². The summed E-state index contributed by atoms with van der Waals surface area (Å²) in [6.07, 6.45) is 0.980. The van der Waals surface area contributed by atoms with Crippen LogP contribution in [0.15, 0.2) is 0 Å². The summed E-state index contributed by atoms with van der Waals surface area (Å²) < 4.78 is 5.22. The van der Waals surface area contributed by atoms with Gasteiger partial charge in [0.2, 0.25) is 0 Å². The van der Waals surface area contributed by atoms with Gasteiger partial charge in [0, 0.05) is 36.7 Å². The third kappa shape index (κ3) is 5.93. The summed E-state index contributed by atoms with van der Waals surface area (Å²) in [5.74, 6) is 0. The fraction of sp³-hybridized carbons (Fsp3) is 0.812. The van der Waals surface area contributed by atoms with E-state index in [0.29, 0.717) is 6.04 Å². The van der Waals surface area contributed by atoms with Crippen LogP contribution in [0.4, 0.5) is 5.13 Å². The first-order valence-corrected chi connectivity index (χ1v) is 8.59. The summed E-state index contributed by atoms with van der Waals surface area (Å²) in [5.41, 5.74) is 1.35. The number of methoxy groups -OCH3 is 1. The van der Waals surface area contributed by atoms with Crippen LogP contribution in [0.25, 0.3) is 0 Å². The molecule has 0 radical (unpaired) electrons. The number of aromatic nitrogens is 1. The van der Waals surface area contributed by atoms with Gasteiger partial charge in [-0.2, -0.15) is 0 Å². The number of anilines is 1. The summed E-state index contributed by atoms with van der Waals surface area (Å²) in [4.78, 5) is 8.53. The number of nitrogens with one attached hydrogen (secondary N) is 1. The molecule has 122 valence electrons. The number of rotatable bonds is 8.